The zero-order chi connectivity index (χ0) is 14.5. The first-order valence-corrected chi connectivity index (χ1v) is 7.20. The maximum atomic E-state index is 12.2. The lowest BCUT2D eigenvalue weighted by molar-refractivity contribution is -0.128. The molecule has 0 atom stereocenters. The molecule has 4 nitrogen and oxygen atoms in total. The first kappa shape index (κ1) is 15.0. The van der Waals surface area contributed by atoms with Gasteiger partial charge in [-0.1, -0.05) is 11.6 Å². The van der Waals surface area contributed by atoms with E-state index >= 15 is 0 Å². The van der Waals surface area contributed by atoms with Crippen LogP contribution in [0, 0.1) is 0 Å². The molecule has 0 aromatic heterocycles. The van der Waals surface area contributed by atoms with Gasteiger partial charge in [0.15, 0.2) is 5.78 Å². The number of nitrogens with zero attached hydrogens (tertiary/aromatic N) is 2. The highest BCUT2D eigenvalue weighted by molar-refractivity contribution is 6.30. The van der Waals surface area contributed by atoms with Gasteiger partial charge in [0.25, 0.3) is 0 Å². The van der Waals surface area contributed by atoms with Crippen molar-refractivity contribution < 1.29 is 9.59 Å². The average molecular weight is 295 g/mol. The summed E-state index contributed by atoms with van der Waals surface area (Å²) in [4.78, 5) is 27.5. The van der Waals surface area contributed by atoms with E-state index in [1.165, 1.54) is 0 Å². The lowest BCUT2D eigenvalue weighted by Gasteiger charge is -2.20. The van der Waals surface area contributed by atoms with Crippen LogP contribution in [0.3, 0.4) is 0 Å². The van der Waals surface area contributed by atoms with Crippen LogP contribution in [0.5, 0.6) is 0 Å². The van der Waals surface area contributed by atoms with E-state index in [1.807, 2.05) is 4.90 Å². The topological polar surface area (TPSA) is 40.6 Å². The number of ketones is 1. The molecule has 1 heterocycles. The minimum absolute atomic E-state index is 0.0953. The molecular weight excluding hydrogens is 276 g/mol. The van der Waals surface area contributed by atoms with Gasteiger partial charge in [0.1, 0.15) is 0 Å². The molecule has 0 saturated carbocycles. The van der Waals surface area contributed by atoms with Gasteiger partial charge in [0.05, 0.1) is 6.54 Å². The van der Waals surface area contributed by atoms with Crippen molar-refractivity contribution in [3.8, 4) is 0 Å². The highest BCUT2D eigenvalue weighted by Gasteiger charge is 2.18. The van der Waals surface area contributed by atoms with Gasteiger partial charge in [-0.2, -0.15) is 0 Å². The van der Waals surface area contributed by atoms with Crippen LogP contribution < -0.4 is 0 Å². The summed E-state index contributed by atoms with van der Waals surface area (Å²) in [6, 6.07) is 6.97. The molecule has 0 radical (unpaired) electrons. The van der Waals surface area contributed by atoms with Gasteiger partial charge in [-0.25, -0.2) is 0 Å². The van der Waals surface area contributed by atoms with E-state index in [0.717, 1.165) is 26.1 Å². The average Bonchev–Trinajstić information content (AvgIpc) is 2.65. The van der Waals surface area contributed by atoms with Crippen LogP contribution in [-0.2, 0) is 4.79 Å². The molecule has 1 fully saturated rings. The minimum atomic E-state index is 0.0953. The second kappa shape index (κ2) is 6.86. The number of Topliss-reactive ketones (excluding diaryl/α,β-unsaturated/α-hetero) is 1. The summed E-state index contributed by atoms with van der Waals surface area (Å²) < 4.78 is 0. The van der Waals surface area contributed by atoms with Gasteiger partial charge >= 0.3 is 0 Å². The zero-order valence-corrected chi connectivity index (χ0v) is 12.4. The Labute approximate surface area is 124 Å². The van der Waals surface area contributed by atoms with Crippen LogP contribution in [0.4, 0.5) is 0 Å². The maximum absolute atomic E-state index is 12.2. The lowest BCUT2D eigenvalue weighted by Crippen LogP contribution is -2.35. The van der Waals surface area contributed by atoms with Gasteiger partial charge < -0.3 is 4.90 Å². The van der Waals surface area contributed by atoms with Crippen molar-refractivity contribution in [2.75, 3.05) is 32.7 Å². The molecule has 1 amide bonds. The Balaban J connectivity index is 1.91. The Morgan fingerprint density at radius 1 is 1.10 bits per heavy atom. The molecule has 1 aliphatic heterocycles. The first-order chi connectivity index (χ1) is 9.56. The number of carbonyl (C=O) groups is 2. The molecule has 108 valence electrons. The summed E-state index contributed by atoms with van der Waals surface area (Å²) in [5.41, 5.74) is 0.682. The van der Waals surface area contributed by atoms with Crippen molar-refractivity contribution in [2.45, 2.75) is 13.3 Å². The maximum Gasteiger partial charge on any atom is 0.219 e. The Hall–Kier alpha value is -1.39. The highest BCUT2D eigenvalue weighted by Crippen LogP contribution is 2.11. The van der Waals surface area contributed by atoms with E-state index in [4.69, 9.17) is 11.6 Å². The van der Waals surface area contributed by atoms with Crippen molar-refractivity contribution in [2.24, 2.45) is 0 Å². The summed E-state index contributed by atoms with van der Waals surface area (Å²) in [5, 5.41) is 0.633. The van der Waals surface area contributed by atoms with Crippen molar-refractivity contribution in [1.82, 2.24) is 9.80 Å². The molecule has 5 heteroatoms. The Morgan fingerprint density at radius 3 is 2.45 bits per heavy atom. The SMILES string of the molecule is CC(=O)N1CCCN(CC(=O)c2ccc(Cl)cc2)CC1. The Morgan fingerprint density at radius 2 is 1.80 bits per heavy atom. The monoisotopic (exact) mass is 294 g/mol. The normalized spacial score (nSPS) is 16.8. The van der Waals surface area contributed by atoms with Gasteiger partial charge in [-0.3, -0.25) is 14.5 Å². The van der Waals surface area contributed by atoms with E-state index in [0.29, 0.717) is 23.7 Å². The summed E-state index contributed by atoms with van der Waals surface area (Å²) in [7, 11) is 0. The molecule has 0 spiro atoms. The third-order valence-electron chi connectivity index (χ3n) is 3.57. The van der Waals surface area contributed by atoms with E-state index in [9.17, 15) is 9.59 Å². The first-order valence-electron chi connectivity index (χ1n) is 6.83. The quantitative estimate of drug-likeness (QED) is 0.802. The third kappa shape index (κ3) is 4.05. The Bertz CT molecular complexity index is 487. The van der Waals surface area contributed by atoms with Crippen LogP contribution >= 0.6 is 11.6 Å². The van der Waals surface area contributed by atoms with Gasteiger partial charge in [-0.05, 0) is 30.7 Å². The van der Waals surface area contributed by atoms with E-state index < -0.39 is 0 Å². The highest BCUT2D eigenvalue weighted by atomic mass is 35.5. The van der Waals surface area contributed by atoms with Gasteiger partial charge in [-0.15, -0.1) is 0 Å². The predicted octanol–water partition coefficient (Wildman–Crippen LogP) is 2.08. The van der Waals surface area contributed by atoms with Crippen LogP contribution in [0.15, 0.2) is 24.3 Å². The largest absolute Gasteiger partial charge is 0.342 e. The second-order valence-corrected chi connectivity index (χ2v) is 5.50. The van der Waals surface area contributed by atoms with Crippen molar-refractivity contribution in [3.05, 3.63) is 34.9 Å². The third-order valence-corrected chi connectivity index (χ3v) is 3.82. The van der Waals surface area contributed by atoms with Crippen molar-refractivity contribution in [1.29, 1.82) is 0 Å². The smallest absolute Gasteiger partial charge is 0.219 e. The molecule has 0 unspecified atom stereocenters. The number of amides is 1. The zero-order valence-electron chi connectivity index (χ0n) is 11.6. The van der Waals surface area contributed by atoms with Gasteiger partial charge in [0.2, 0.25) is 5.91 Å². The van der Waals surface area contributed by atoms with E-state index in [1.54, 1.807) is 31.2 Å². The van der Waals surface area contributed by atoms with Crippen LogP contribution in [0.25, 0.3) is 0 Å². The number of hydrogen-bond donors (Lipinski definition) is 0. The predicted molar refractivity (Wildman–Crippen MR) is 79.1 cm³/mol. The fourth-order valence-electron chi connectivity index (χ4n) is 2.37. The molecule has 1 aromatic carbocycles. The number of halogens is 1. The molecule has 0 aliphatic carbocycles. The van der Waals surface area contributed by atoms with Crippen LogP contribution in [-0.4, -0.2) is 54.2 Å². The molecule has 0 N–H and O–H groups in total. The Kier molecular flexibility index (Phi) is 5.15. The molecule has 2 rings (SSSR count). The van der Waals surface area contributed by atoms with Crippen LogP contribution in [0.2, 0.25) is 5.02 Å². The molecular formula is C15H19ClN2O2. The molecule has 20 heavy (non-hydrogen) atoms. The van der Waals surface area contributed by atoms with Crippen molar-refractivity contribution >= 4 is 23.3 Å². The molecule has 1 aliphatic rings. The number of hydrogen-bond acceptors (Lipinski definition) is 3. The minimum Gasteiger partial charge on any atom is -0.342 e. The summed E-state index contributed by atoms with van der Waals surface area (Å²) in [6.45, 7) is 5.06. The lowest BCUT2D eigenvalue weighted by atomic mass is 10.1. The summed E-state index contributed by atoms with van der Waals surface area (Å²) >= 11 is 5.82. The number of benzene rings is 1. The van der Waals surface area contributed by atoms with E-state index in [2.05, 4.69) is 4.90 Å². The molecule has 1 saturated heterocycles. The van der Waals surface area contributed by atoms with E-state index in [-0.39, 0.29) is 11.7 Å². The second-order valence-electron chi connectivity index (χ2n) is 5.07. The van der Waals surface area contributed by atoms with Crippen molar-refractivity contribution in [3.63, 3.8) is 0 Å². The summed E-state index contributed by atoms with van der Waals surface area (Å²) in [6.07, 6.45) is 0.910. The van der Waals surface area contributed by atoms with Gasteiger partial charge in [0, 0.05) is 43.7 Å². The molecule has 1 aromatic rings. The van der Waals surface area contributed by atoms with Crippen LogP contribution in [0.1, 0.15) is 23.7 Å². The fraction of sp³-hybridized carbons (Fsp3) is 0.467. The fourth-order valence-corrected chi connectivity index (χ4v) is 2.50. The number of rotatable bonds is 3. The number of carbonyl (C=O) groups excluding carboxylic acids is 2. The molecule has 0 bridgehead atoms. The summed E-state index contributed by atoms with van der Waals surface area (Å²) in [5.74, 6) is 0.203. The standard InChI is InChI=1S/C15H19ClN2O2/c1-12(19)18-8-2-7-17(9-10-18)11-15(20)13-3-5-14(16)6-4-13/h3-6H,2,7-11H2,1H3.